The molecule has 4 aromatic rings. The number of hydrogen-bond acceptors (Lipinski definition) is 1. The molecule has 0 atom stereocenters. The molecule has 1 N–H and O–H groups in total. The number of nitrogens with one attached hydrogen (secondary N) is 1. The lowest BCUT2D eigenvalue weighted by atomic mass is 9.97. The lowest BCUT2D eigenvalue weighted by Crippen LogP contribution is -2.41. The molecule has 2 nitrogen and oxygen atoms in total. The van der Waals surface area contributed by atoms with Crippen LogP contribution in [0.2, 0.25) is 19.6 Å². The van der Waals surface area contributed by atoms with Gasteiger partial charge in [-0.2, -0.15) is 4.48 Å². The summed E-state index contributed by atoms with van der Waals surface area (Å²) in [7, 11) is -1.53. The second-order valence-corrected chi connectivity index (χ2v) is 15.8. The predicted molar refractivity (Wildman–Crippen MR) is 146 cm³/mol. The van der Waals surface area contributed by atoms with Crippen molar-refractivity contribution in [3.05, 3.63) is 89.5 Å². The Balaban J connectivity index is 1.86. The van der Waals surface area contributed by atoms with E-state index in [0.717, 1.165) is 0 Å². The van der Waals surface area contributed by atoms with Gasteiger partial charge in [0.2, 0.25) is 0 Å². The average molecular weight is 448 g/mol. The summed E-state index contributed by atoms with van der Waals surface area (Å²) in [6.45, 7) is 14.1. The molecule has 0 radical (unpaired) electrons. The maximum absolute atomic E-state index is 3.90. The number of aryl methyl sites for hydroxylation is 3. The Hall–Kier alpha value is -3.14. The van der Waals surface area contributed by atoms with Crippen molar-refractivity contribution < 1.29 is 0 Å². The monoisotopic (exact) mass is 447 g/mol. The molecule has 33 heavy (non-hydrogen) atoms. The highest BCUT2D eigenvalue weighted by Gasteiger charge is 2.53. The van der Waals surface area contributed by atoms with Crippen LogP contribution in [0.1, 0.15) is 16.7 Å². The number of hydrogen-bond donors (Lipinski definition) is 1. The van der Waals surface area contributed by atoms with Gasteiger partial charge in [-0.1, -0.05) is 61.2 Å². The van der Waals surface area contributed by atoms with Crippen LogP contribution in [0.3, 0.4) is 0 Å². The normalized spacial score (nSPS) is 14.8. The summed E-state index contributed by atoms with van der Waals surface area (Å²) in [4.78, 5) is 0. The van der Waals surface area contributed by atoms with Crippen LogP contribution in [0.25, 0.3) is 11.1 Å². The molecule has 0 aromatic heterocycles. The number of rotatable bonds is 1. The first-order chi connectivity index (χ1) is 15.7. The zero-order valence-corrected chi connectivity index (χ0v) is 21.4. The van der Waals surface area contributed by atoms with Gasteiger partial charge < -0.3 is 5.32 Å². The number of nitrogens with zero attached hydrogens (tertiary/aromatic N) is 1. The van der Waals surface area contributed by atoms with Gasteiger partial charge >= 0.3 is 0 Å². The molecule has 0 bridgehead atoms. The third kappa shape index (κ3) is 2.64. The van der Waals surface area contributed by atoms with E-state index in [1.54, 1.807) is 0 Å². The van der Waals surface area contributed by atoms with Crippen LogP contribution in [0, 0.1) is 20.8 Å². The zero-order chi connectivity index (χ0) is 23.1. The fraction of sp³-hybridized carbons (Fsp3) is 0.200. The fourth-order valence-electron chi connectivity index (χ4n) is 5.89. The van der Waals surface area contributed by atoms with E-state index in [2.05, 4.69) is 119 Å². The predicted octanol–water partition coefficient (Wildman–Crippen LogP) is 8.50. The van der Waals surface area contributed by atoms with Crippen molar-refractivity contribution in [1.82, 2.24) is 4.48 Å². The molecule has 2 aliphatic rings. The van der Waals surface area contributed by atoms with Crippen LogP contribution < -0.4 is 15.0 Å². The summed E-state index contributed by atoms with van der Waals surface area (Å²) in [5.41, 5.74) is 14.5. The summed E-state index contributed by atoms with van der Waals surface area (Å²) < 4.78 is 0.658. The zero-order valence-electron chi connectivity index (χ0n) is 20.4. The summed E-state index contributed by atoms with van der Waals surface area (Å²) in [6.07, 6.45) is 0. The second kappa shape index (κ2) is 6.69. The van der Waals surface area contributed by atoms with Gasteiger partial charge in [-0.3, -0.25) is 0 Å². The van der Waals surface area contributed by atoms with Gasteiger partial charge in [-0.15, -0.1) is 0 Å². The van der Waals surface area contributed by atoms with Crippen LogP contribution in [0.15, 0.2) is 72.8 Å². The summed E-state index contributed by atoms with van der Waals surface area (Å²) >= 11 is 0. The summed E-state index contributed by atoms with van der Waals surface area (Å²) in [6, 6.07) is 27.6. The van der Waals surface area contributed by atoms with Gasteiger partial charge in [-0.05, 0) is 49.6 Å². The first-order valence-corrected chi connectivity index (χ1v) is 15.4. The number of fused-ring (bicyclic) bond motifs is 9. The van der Waals surface area contributed by atoms with Gasteiger partial charge in [0.1, 0.15) is 11.4 Å². The molecule has 0 amide bonds. The van der Waals surface area contributed by atoms with E-state index >= 15 is 0 Å². The third-order valence-electron chi connectivity index (χ3n) is 7.43. The van der Waals surface area contributed by atoms with E-state index in [0.29, 0.717) is 4.48 Å². The molecule has 0 saturated carbocycles. The van der Waals surface area contributed by atoms with Crippen molar-refractivity contribution in [2.24, 2.45) is 0 Å². The third-order valence-corrected chi connectivity index (χ3v) is 9.45. The number of anilines is 2. The molecule has 0 saturated heterocycles. The van der Waals surface area contributed by atoms with E-state index in [9.17, 15) is 0 Å². The maximum atomic E-state index is 3.90. The van der Waals surface area contributed by atoms with E-state index < -0.39 is 8.07 Å². The first kappa shape index (κ1) is 20.5. The molecule has 0 aliphatic carbocycles. The molecule has 4 aromatic carbocycles. The van der Waals surface area contributed by atoms with E-state index in [1.807, 2.05) is 0 Å². The topological polar surface area (TPSA) is 12.0 Å². The van der Waals surface area contributed by atoms with Crippen LogP contribution >= 0.6 is 0 Å². The molecule has 0 unspecified atom stereocenters. The van der Waals surface area contributed by atoms with E-state index in [4.69, 9.17) is 0 Å². The van der Waals surface area contributed by atoms with Crippen LogP contribution in [-0.2, 0) is 0 Å². The molecular weight excluding hydrogens is 416 g/mol. The van der Waals surface area contributed by atoms with Crippen molar-refractivity contribution in [3.8, 4) is 11.1 Å². The Kier molecular flexibility index (Phi) is 4.15. The fourth-order valence-corrected chi connectivity index (χ4v) is 7.11. The molecule has 2 heterocycles. The van der Waals surface area contributed by atoms with Gasteiger partial charge in [-0.25, -0.2) is 0 Å². The van der Waals surface area contributed by atoms with E-state index in [-0.39, 0.29) is 0 Å². The van der Waals surface area contributed by atoms with Crippen molar-refractivity contribution in [2.75, 3.05) is 5.32 Å². The molecule has 3 heteroatoms. The lowest BCUT2D eigenvalue weighted by molar-refractivity contribution is 0.716. The summed E-state index contributed by atoms with van der Waals surface area (Å²) in [5.74, 6) is 0. The average Bonchev–Trinajstić information content (AvgIpc) is 3.06. The Bertz CT molecular complexity index is 1410. The Morgan fingerprint density at radius 3 is 1.70 bits per heavy atom. The maximum Gasteiger partial charge on any atom is 0.172 e. The number of quaternary nitrogens is 1. The van der Waals surface area contributed by atoms with Crippen molar-refractivity contribution in [3.63, 3.8) is 0 Å². The Morgan fingerprint density at radius 2 is 1.12 bits per heavy atom. The second-order valence-electron chi connectivity index (χ2n) is 10.7. The molecular formula is C30H31N2Si+. The largest absolute Gasteiger partial charge is 0.345 e. The van der Waals surface area contributed by atoms with Gasteiger partial charge in [0.15, 0.2) is 22.7 Å². The van der Waals surface area contributed by atoms with Gasteiger partial charge in [0.25, 0.3) is 0 Å². The Morgan fingerprint density at radius 1 is 0.606 bits per heavy atom. The summed E-state index contributed by atoms with van der Waals surface area (Å²) in [5, 5.41) is 5.40. The minimum Gasteiger partial charge on any atom is -0.345 e. The highest BCUT2D eigenvalue weighted by Crippen LogP contribution is 2.67. The van der Waals surface area contributed by atoms with Crippen molar-refractivity contribution in [1.29, 1.82) is 0 Å². The van der Waals surface area contributed by atoms with Crippen LogP contribution in [-0.4, -0.2) is 8.07 Å². The standard InChI is InChI=1S/C30H31N2Si/c1-19-15-20(2)29-27(16-19)32(28-18-22(33(4,5)6)17-21(3)30(28)31-29)25-13-9-7-11-23(25)24-12-8-10-14-26(24)32/h7-18,31H,1-6H3/q+1. The van der Waals surface area contributed by atoms with Crippen LogP contribution in [0.4, 0.5) is 34.1 Å². The van der Waals surface area contributed by atoms with E-state index in [1.165, 1.54) is 67.1 Å². The molecule has 1 spiro atoms. The minimum absolute atomic E-state index is 0.658. The Labute approximate surface area is 198 Å². The first-order valence-electron chi connectivity index (χ1n) is 11.9. The van der Waals surface area contributed by atoms with Crippen molar-refractivity contribution >= 4 is 47.4 Å². The van der Waals surface area contributed by atoms with Gasteiger partial charge in [0, 0.05) is 24.3 Å². The minimum atomic E-state index is -1.53. The number of benzene rings is 4. The molecule has 2 aliphatic heterocycles. The quantitative estimate of drug-likeness (QED) is 0.197. The molecule has 164 valence electrons. The van der Waals surface area contributed by atoms with Crippen LogP contribution in [0.5, 0.6) is 0 Å². The lowest BCUT2D eigenvalue weighted by Gasteiger charge is -2.41. The SMILES string of the molecule is Cc1cc(C)c2c(c1)[N+]1(c3ccccc3-c3ccccc31)c1cc([Si](C)(C)C)cc(C)c1N2. The molecule has 0 fully saturated rings. The van der Waals surface area contributed by atoms with Crippen molar-refractivity contribution in [2.45, 2.75) is 40.4 Å². The van der Waals surface area contributed by atoms with Gasteiger partial charge in [0.05, 0.1) is 19.2 Å². The highest BCUT2D eigenvalue weighted by molar-refractivity contribution is 6.88. The number of para-hydroxylation sites is 2. The molecule has 6 rings (SSSR count). The highest BCUT2D eigenvalue weighted by atomic mass is 28.3. The smallest absolute Gasteiger partial charge is 0.172 e.